The van der Waals surface area contributed by atoms with Crippen molar-refractivity contribution < 1.29 is 9.18 Å². The van der Waals surface area contributed by atoms with Crippen LogP contribution < -0.4 is 10.2 Å². The van der Waals surface area contributed by atoms with E-state index in [1.54, 1.807) is 6.07 Å². The van der Waals surface area contributed by atoms with Crippen LogP contribution in [0.3, 0.4) is 0 Å². The molecule has 2 heterocycles. The zero-order chi connectivity index (χ0) is 21.8. The van der Waals surface area contributed by atoms with Crippen molar-refractivity contribution >= 4 is 17.2 Å². The van der Waals surface area contributed by atoms with Crippen molar-refractivity contribution in [1.29, 1.82) is 0 Å². The van der Waals surface area contributed by atoms with Gasteiger partial charge in [-0.1, -0.05) is 6.07 Å². The SMILES string of the molecule is CCN(CC)c1ccc(CNC(=O)CCc2c(C)nc3cc(C)nn3c2C)cc1F. The lowest BCUT2D eigenvalue weighted by Gasteiger charge is -2.22. The van der Waals surface area contributed by atoms with Crippen LogP contribution in [0.15, 0.2) is 24.3 Å². The minimum Gasteiger partial charge on any atom is -0.370 e. The summed E-state index contributed by atoms with van der Waals surface area (Å²) in [6.07, 6.45) is 0.926. The smallest absolute Gasteiger partial charge is 0.220 e. The van der Waals surface area contributed by atoms with Gasteiger partial charge in [0, 0.05) is 43.5 Å². The molecule has 0 aliphatic rings. The fourth-order valence-electron chi connectivity index (χ4n) is 3.81. The van der Waals surface area contributed by atoms with Gasteiger partial charge in [-0.2, -0.15) is 5.10 Å². The minimum absolute atomic E-state index is 0.0706. The number of nitrogens with zero attached hydrogens (tertiary/aromatic N) is 4. The third-order valence-electron chi connectivity index (χ3n) is 5.49. The molecule has 0 saturated carbocycles. The lowest BCUT2D eigenvalue weighted by atomic mass is 10.1. The van der Waals surface area contributed by atoms with Crippen LogP contribution in [0.25, 0.3) is 5.65 Å². The second kappa shape index (κ2) is 9.24. The van der Waals surface area contributed by atoms with Crippen LogP contribution in [-0.2, 0) is 17.8 Å². The van der Waals surface area contributed by atoms with Gasteiger partial charge in [0.15, 0.2) is 5.65 Å². The molecule has 0 spiro atoms. The maximum atomic E-state index is 14.4. The molecule has 3 rings (SSSR count). The van der Waals surface area contributed by atoms with E-state index in [4.69, 9.17) is 0 Å². The average Bonchev–Trinajstić information content (AvgIpc) is 3.08. The normalized spacial score (nSPS) is 11.1. The first-order valence-corrected chi connectivity index (χ1v) is 10.5. The number of benzene rings is 1. The van der Waals surface area contributed by atoms with Crippen molar-refractivity contribution in [3.63, 3.8) is 0 Å². The van der Waals surface area contributed by atoms with Gasteiger partial charge in [-0.3, -0.25) is 4.79 Å². The molecule has 7 heteroatoms. The van der Waals surface area contributed by atoms with Crippen LogP contribution in [0.1, 0.15) is 48.5 Å². The van der Waals surface area contributed by atoms with E-state index < -0.39 is 0 Å². The molecule has 0 radical (unpaired) electrons. The molecule has 1 N–H and O–H groups in total. The summed E-state index contributed by atoms with van der Waals surface area (Å²) in [6.45, 7) is 11.7. The van der Waals surface area contributed by atoms with E-state index in [1.165, 1.54) is 6.07 Å². The molecule has 0 saturated heterocycles. The van der Waals surface area contributed by atoms with E-state index in [0.29, 0.717) is 25.1 Å². The molecule has 2 aromatic heterocycles. The second-order valence-corrected chi connectivity index (χ2v) is 7.55. The Morgan fingerprint density at radius 2 is 1.90 bits per heavy atom. The van der Waals surface area contributed by atoms with Crippen LogP contribution in [0, 0.1) is 26.6 Å². The van der Waals surface area contributed by atoms with Crippen LogP contribution in [0.2, 0.25) is 0 Å². The van der Waals surface area contributed by atoms with Gasteiger partial charge in [0.1, 0.15) is 5.82 Å². The Morgan fingerprint density at radius 3 is 2.57 bits per heavy atom. The predicted octanol–water partition coefficient (Wildman–Crippen LogP) is 3.89. The van der Waals surface area contributed by atoms with E-state index in [2.05, 4.69) is 15.4 Å². The van der Waals surface area contributed by atoms with Crippen LogP contribution >= 0.6 is 0 Å². The number of hydrogen-bond donors (Lipinski definition) is 1. The maximum absolute atomic E-state index is 14.4. The highest BCUT2D eigenvalue weighted by atomic mass is 19.1. The van der Waals surface area contributed by atoms with Crippen molar-refractivity contribution in [2.24, 2.45) is 0 Å². The number of aromatic nitrogens is 3. The molecule has 3 aromatic rings. The van der Waals surface area contributed by atoms with E-state index in [0.717, 1.165) is 46.9 Å². The largest absolute Gasteiger partial charge is 0.370 e. The monoisotopic (exact) mass is 411 g/mol. The fraction of sp³-hybridized carbons (Fsp3) is 0.435. The summed E-state index contributed by atoms with van der Waals surface area (Å²) < 4.78 is 16.2. The number of carbonyl (C=O) groups excluding carboxylic acids is 1. The summed E-state index contributed by atoms with van der Waals surface area (Å²) in [4.78, 5) is 18.9. The third-order valence-corrected chi connectivity index (χ3v) is 5.49. The molecule has 0 aliphatic heterocycles. The molecule has 0 atom stereocenters. The molecule has 6 nitrogen and oxygen atoms in total. The van der Waals surface area contributed by atoms with Crippen LogP contribution in [-0.4, -0.2) is 33.6 Å². The van der Waals surface area contributed by atoms with Crippen molar-refractivity contribution in [3.8, 4) is 0 Å². The van der Waals surface area contributed by atoms with Gasteiger partial charge in [0.25, 0.3) is 0 Å². The first kappa shape index (κ1) is 21.7. The highest BCUT2D eigenvalue weighted by molar-refractivity contribution is 5.76. The molecule has 0 bridgehead atoms. The number of amides is 1. The lowest BCUT2D eigenvalue weighted by Crippen LogP contribution is -2.24. The standard InChI is InChI=1S/C23H30FN5O/c1-6-28(7-2)21-10-8-18(13-20(21)24)14-25-23(30)11-9-19-16(4)26-22-12-15(3)27-29(22)17(19)5/h8,10,12-13H,6-7,9,11,14H2,1-5H3,(H,25,30). The van der Waals surface area contributed by atoms with Gasteiger partial charge < -0.3 is 10.2 Å². The van der Waals surface area contributed by atoms with E-state index in [-0.39, 0.29) is 11.7 Å². The number of halogens is 1. The molecule has 30 heavy (non-hydrogen) atoms. The van der Waals surface area contributed by atoms with E-state index in [1.807, 2.05) is 56.2 Å². The van der Waals surface area contributed by atoms with Crippen molar-refractivity contribution in [1.82, 2.24) is 19.9 Å². The van der Waals surface area contributed by atoms with Gasteiger partial charge in [-0.25, -0.2) is 13.9 Å². The fourth-order valence-corrected chi connectivity index (χ4v) is 3.81. The Morgan fingerprint density at radius 1 is 1.17 bits per heavy atom. The van der Waals surface area contributed by atoms with Gasteiger partial charge >= 0.3 is 0 Å². The molecule has 160 valence electrons. The summed E-state index contributed by atoms with van der Waals surface area (Å²) in [6, 6.07) is 7.09. The maximum Gasteiger partial charge on any atom is 0.220 e. The number of rotatable bonds is 8. The zero-order valence-corrected chi connectivity index (χ0v) is 18.4. The Labute approximate surface area is 177 Å². The number of aryl methyl sites for hydroxylation is 3. The number of carbonyl (C=O) groups is 1. The van der Waals surface area contributed by atoms with Gasteiger partial charge in [-0.15, -0.1) is 0 Å². The Bertz CT molecular complexity index is 1060. The summed E-state index contributed by atoms with van der Waals surface area (Å²) in [5, 5.41) is 7.36. The molecule has 0 unspecified atom stereocenters. The molecule has 1 amide bonds. The van der Waals surface area contributed by atoms with Crippen molar-refractivity contribution in [2.45, 2.75) is 54.0 Å². The number of anilines is 1. The molecular weight excluding hydrogens is 381 g/mol. The van der Waals surface area contributed by atoms with Crippen molar-refractivity contribution in [3.05, 3.63) is 58.3 Å². The summed E-state index contributed by atoms with van der Waals surface area (Å²) in [7, 11) is 0. The minimum atomic E-state index is -0.259. The summed E-state index contributed by atoms with van der Waals surface area (Å²) in [5.41, 5.74) is 6.05. The number of hydrogen-bond acceptors (Lipinski definition) is 4. The van der Waals surface area contributed by atoms with E-state index in [9.17, 15) is 9.18 Å². The van der Waals surface area contributed by atoms with Gasteiger partial charge in [-0.05, 0) is 64.3 Å². The molecular formula is C23H30FN5O. The zero-order valence-electron chi connectivity index (χ0n) is 18.4. The van der Waals surface area contributed by atoms with Crippen LogP contribution in [0.4, 0.5) is 10.1 Å². The predicted molar refractivity (Wildman–Crippen MR) is 117 cm³/mol. The number of fused-ring (bicyclic) bond motifs is 1. The molecule has 0 fully saturated rings. The highest BCUT2D eigenvalue weighted by Gasteiger charge is 2.13. The number of nitrogens with one attached hydrogen (secondary N) is 1. The first-order valence-electron chi connectivity index (χ1n) is 10.5. The topological polar surface area (TPSA) is 62.5 Å². The van der Waals surface area contributed by atoms with Gasteiger partial charge in [0.2, 0.25) is 5.91 Å². The highest BCUT2D eigenvalue weighted by Crippen LogP contribution is 2.20. The molecule has 1 aromatic carbocycles. The second-order valence-electron chi connectivity index (χ2n) is 7.55. The van der Waals surface area contributed by atoms with Crippen LogP contribution in [0.5, 0.6) is 0 Å². The first-order chi connectivity index (χ1) is 14.3. The van der Waals surface area contributed by atoms with E-state index >= 15 is 0 Å². The third kappa shape index (κ3) is 4.61. The summed E-state index contributed by atoms with van der Waals surface area (Å²) >= 11 is 0. The van der Waals surface area contributed by atoms with Gasteiger partial charge in [0.05, 0.1) is 11.4 Å². The Balaban J connectivity index is 1.60. The van der Waals surface area contributed by atoms with Crippen molar-refractivity contribution in [2.75, 3.05) is 18.0 Å². The Kier molecular flexibility index (Phi) is 6.70. The summed E-state index contributed by atoms with van der Waals surface area (Å²) in [5.74, 6) is -0.329. The Hall–Kier alpha value is -2.96. The average molecular weight is 412 g/mol. The quantitative estimate of drug-likeness (QED) is 0.611. The lowest BCUT2D eigenvalue weighted by molar-refractivity contribution is -0.121. The molecule has 0 aliphatic carbocycles.